The highest BCUT2D eigenvalue weighted by molar-refractivity contribution is 7.80. The Bertz CT molecular complexity index is 1580. The van der Waals surface area contributed by atoms with Crippen LogP contribution in [0.5, 0.6) is 0 Å². The molecule has 2 N–H and O–H groups in total. The molecule has 0 spiro atoms. The number of hydrogen-bond acceptors (Lipinski definition) is 5. The number of esters is 1. The first-order valence-electron chi connectivity index (χ1n) is 13.5. The summed E-state index contributed by atoms with van der Waals surface area (Å²) in [6, 6.07) is 22.7. The highest BCUT2D eigenvalue weighted by Crippen LogP contribution is 2.41. The summed E-state index contributed by atoms with van der Waals surface area (Å²) >= 11 is 5.83. The van der Waals surface area contributed by atoms with Crippen LogP contribution >= 0.6 is 12.2 Å². The molecule has 1 fully saturated rings. The lowest BCUT2D eigenvalue weighted by Gasteiger charge is -2.28. The highest BCUT2D eigenvalue weighted by atomic mass is 32.1. The van der Waals surface area contributed by atoms with Gasteiger partial charge in [-0.1, -0.05) is 24.3 Å². The van der Waals surface area contributed by atoms with Crippen LogP contribution in [0.25, 0.3) is 5.69 Å². The van der Waals surface area contributed by atoms with Crippen molar-refractivity contribution in [2.45, 2.75) is 39.3 Å². The predicted octanol–water partition coefficient (Wildman–Crippen LogP) is 5.59. The topological polar surface area (TPSA) is 88.5 Å². The maximum atomic E-state index is 13.0. The van der Waals surface area contributed by atoms with Crippen LogP contribution in [0.3, 0.4) is 0 Å². The molecule has 1 aliphatic rings. The fourth-order valence-corrected chi connectivity index (χ4v) is 5.81. The monoisotopic (exact) mass is 567 g/mol. The molecule has 41 heavy (non-hydrogen) atoms. The number of carbonyl (C=O) groups excluding carboxylic acids is 2. The predicted molar refractivity (Wildman–Crippen MR) is 163 cm³/mol. The summed E-state index contributed by atoms with van der Waals surface area (Å²) in [5.74, 6) is -0.442. The third kappa shape index (κ3) is 5.71. The Morgan fingerprint density at radius 3 is 2.44 bits per heavy atom. The number of carbonyl (C=O) groups is 2. The van der Waals surface area contributed by atoms with E-state index in [0.717, 1.165) is 39.6 Å². The second-order valence-corrected chi connectivity index (χ2v) is 10.5. The van der Waals surface area contributed by atoms with Crippen LogP contribution in [0.15, 0.2) is 79.0 Å². The molecule has 4 aromatic rings. The van der Waals surface area contributed by atoms with Gasteiger partial charge in [0.05, 0.1) is 30.5 Å². The van der Waals surface area contributed by atoms with Crippen molar-refractivity contribution in [3.05, 3.63) is 113 Å². The summed E-state index contributed by atoms with van der Waals surface area (Å²) in [5.41, 5.74) is 7.29. The highest BCUT2D eigenvalue weighted by Gasteiger charge is 2.41. The minimum atomic E-state index is -0.371. The molecule has 2 aromatic carbocycles. The number of aryl methyl sites for hydroxylation is 2. The molecule has 2 atom stereocenters. The van der Waals surface area contributed by atoms with Gasteiger partial charge in [-0.3, -0.25) is 9.78 Å². The molecule has 0 bridgehead atoms. The van der Waals surface area contributed by atoms with Gasteiger partial charge in [-0.2, -0.15) is 0 Å². The molecule has 0 radical (unpaired) electrons. The number of aromatic nitrogens is 2. The SMILES string of the molecule is COC(=O)c1ccc(-n2c(C)cc([C@H]3[C@H](c4ccccn4)NC(=S)N3CCC(=O)Nc3ccccc3C)c2C)cc1. The van der Waals surface area contributed by atoms with E-state index in [4.69, 9.17) is 17.0 Å². The van der Waals surface area contributed by atoms with E-state index in [-0.39, 0.29) is 30.4 Å². The number of rotatable bonds is 8. The van der Waals surface area contributed by atoms with E-state index >= 15 is 0 Å². The summed E-state index contributed by atoms with van der Waals surface area (Å²) in [6.07, 6.45) is 2.05. The van der Waals surface area contributed by atoms with Crippen LogP contribution < -0.4 is 10.6 Å². The second kappa shape index (κ2) is 11.9. The minimum absolute atomic E-state index is 0.0710. The third-order valence-corrected chi connectivity index (χ3v) is 7.88. The molecule has 9 heteroatoms. The summed E-state index contributed by atoms with van der Waals surface area (Å²) in [6.45, 7) is 6.55. The number of thiocarbonyl (C=S) groups is 1. The molecule has 0 aliphatic carbocycles. The maximum absolute atomic E-state index is 13.0. The average Bonchev–Trinajstić information content (AvgIpc) is 3.47. The number of methoxy groups -OCH3 is 1. The lowest BCUT2D eigenvalue weighted by atomic mass is 9.96. The first-order chi connectivity index (χ1) is 19.8. The number of para-hydroxylation sites is 1. The number of ether oxygens (including phenoxy) is 1. The van der Waals surface area contributed by atoms with Gasteiger partial charge in [-0.15, -0.1) is 0 Å². The number of pyridine rings is 1. The molecule has 210 valence electrons. The van der Waals surface area contributed by atoms with E-state index in [0.29, 0.717) is 17.2 Å². The lowest BCUT2D eigenvalue weighted by molar-refractivity contribution is -0.116. The molecule has 2 aromatic heterocycles. The summed E-state index contributed by atoms with van der Waals surface area (Å²) in [5, 5.41) is 7.09. The minimum Gasteiger partial charge on any atom is -0.465 e. The van der Waals surface area contributed by atoms with Crippen LogP contribution in [0.4, 0.5) is 5.69 Å². The van der Waals surface area contributed by atoms with E-state index in [1.165, 1.54) is 7.11 Å². The molecule has 1 amide bonds. The molecule has 5 rings (SSSR count). The molecular formula is C32H33N5O3S. The molecule has 1 saturated heterocycles. The third-order valence-electron chi connectivity index (χ3n) is 7.53. The number of anilines is 1. The van der Waals surface area contributed by atoms with Crippen LogP contribution in [-0.4, -0.2) is 45.1 Å². The van der Waals surface area contributed by atoms with Crippen molar-refractivity contribution in [1.29, 1.82) is 0 Å². The fourth-order valence-electron chi connectivity index (χ4n) is 5.48. The fraction of sp³-hybridized carbons (Fsp3) is 0.250. The van der Waals surface area contributed by atoms with Gasteiger partial charge in [0.15, 0.2) is 5.11 Å². The van der Waals surface area contributed by atoms with Crippen molar-refractivity contribution in [3.8, 4) is 5.69 Å². The van der Waals surface area contributed by atoms with Gasteiger partial charge in [0, 0.05) is 41.9 Å². The zero-order valence-electron chi connectivity index (χ0n) is 23.5. The van der Waals surface area contributed by atoms with Gasteiger partial charge >= 0.3 is 5.97 Å². The Morgan fingerprint density at radius 1 is 1.02 bits per heavy atom. The molecule has 3 heterocycles. The van der Waals surface area contributed by atoms with E-state index in [1.807, 2.05) is 61.5 Å². The van der Waals surface area contributed by atoms with Crippen molar-refractivity contribution in [2.75, 3.05) is 19.0 Å². The lowest BCUT2D eigenvalue weighted by Crippen LogP contribution is -2.33. The first-order valence-corrected chi connectivity index (χ1v) is 13.9. The van der Waals surface area contributed by atoms with Crippen molar-refractivity contribution in [2.24, 2.45) is 0 Å². The van der Waals surface area contributed by atoms with Crippen LogP contribution in [0, 0.1) is 20.8 Å². The first kappa shape index (κ1) is 28.0. The van der Waals surface area contributed by atoms with Crippen molar-refractivity contribution < 1.29 is 14.3 Å². The Labute approximate surface area is 245 Å². The number of amides is 1. The normalized spacial score (nSPS) is 16.4. The Morgan fingerprint density at radius 2 is 1.76 bits per heavy atom. The zero-order chi connectivity index (χ0) is 29.1. The number of benzene rings is 2. The van der Waals surface area contributed by atoms with Gasteiger partial charge in [0.1, 0.15) is 0 Å². The van der Waals surface area contributed by atoms with Gasteiger partial charge in [-0.25, -0.2) is 4.79 Å². The maximum Gasteiger partial charge on any atom is 0.337 e. The molecule has 0 saturated carbocycles. The van der Waals surface area contributed by atoms with Gasteiger partial charge in [-0.05, 0) is 92.6 Å². The average molecular weight is 568 g/mol. The smallest absolute Gasteiger partial charge is 0.337 e. The van der Waals surface area contributed by atoms with E-state index < -0.39 is 0 Å². The Hall–Kier alpha value is -4.50. The number of nitrogens with zero attached hydrogens (tertiary/aromatic N) is 3. The van der Waals surface area contributed by atoms with Crippen molar-refractivity contribution >= 4 is 34.9 Å². The second-order valence-electron chi connectivity index (χ2n) is 10.1. The molecule has 0 unspecified atom stereocenters. The quantitative estimate of drug-likeness (QED) is 0.212. The Balaban J connectivity index is 1.47. The largest absolute Gasteiger partial charge is 0.465 e. The molecule has 1 aliphatic heterocycles. The van der Waals surface area contributed by atoms with Crippen LogP contribution in [-0.2, 0) is 9.53 Å². The molecule has 8 nitrogen and oxygen atoms in total. The van der Waals surface area contributed by atoms with Gasteiger partial charge in [0.25, 0.3) is 0 Å². The van der Waals surface area contributed by atoms with E-state index in [1.54, 1.807) is 18.3 Å². The van der Waals surface area contributed by atoms with E-state index in [9.17, 15) is 9.59 Å². The van der Waals surface area contributed by atoms with Crippen molar-refractivity contribution in [3.63, 3.8) is 0 Å². The number of nitrogens with one attached hydrogen (secondary N) is 2. The number of hydrogen-bond donors (Lipinski definition) is 2. The summed E-state index contributed by atoms with van der Waals surface area (Å²) in [4.78, 5) is 31.7. The Kier molecular flexibility index (Phi) is 8.16. The van der Waals surface area contributed by atoms with Gasteiger partial charge < -0.3 is 24.8 Å². The van der Waals surface area contributed by atoms with Crippen molar-refractivity contribution in [1.82, 2.24) is 19.8 Å². The van der Waals surface area contributed by atoms with Crippen LogP contribution in [0.1, 0.15) is 57.1 Å². The summed E-state index contributed by atoms with van der Waals surface area (Å²) < 4.78 is 7.01. The summed E-state index contributed by atoms with van der Waals surface area (Å²) in [7, 11) is 1.37. The molecular weight excluding hydrogens is 534 g/mol. The standard InChI is InChI=1S/C32H33N5O3S/c1-20-9-5-6-10-26(20)34-28(38)16-18-36-30(29(35-32(36)41)27-11-7-8-17-33-27)25-19-21(2)37(22(25)3)24-14-12-23(13-15-24)31(39)40-4/h5-15,17,19,29-30H,16,18H2,1-4H3,(H,34,38)(H,35,41)/t29-,30-/m0/s1. The van der Waals surface area contributed by atoms with Gasteiger partial charge in [0.2, 0.25) is 5.91 Å². The van der Waals surface area contributed by atoms with E-state index in [2.05, 4.69) is 45.0 Å². The zero-order valence-corrected chi connectivity index (χ0v) is 24.4. The van der Waals surface area contributed by atoms with Crippen LogP contribution in [0.2, 0.25) is 0 Å².